The van der Waals surface area contributed by atoms with Crippen molar-refractivity contribution >= 4 is 28.5 Å². The molecule has 1 aromatic carbocycles. The third kappa shape index (κ3) is 2.79. The summed E-state index contributed by atoms with van der Waals surface area (Å²) in [5, 5.41) is 11.8. The van der Waals surface area contributed by atoms with Gasteiger partial charge in [-0.2, -0.15) is 5.10 Å². The summed E-state index contributed by atoms with van der Waals surface area (Å²) in [4.78, 5) is 13.0. The fourth-order valence-electron chi connectivity index (χ4n) is 2.58. The Morgan fingerprint density at radius 2 is 2.00 bits per heavy atom. The summed E-state index contributed by atoms with van der Waals surface area (Å²) < 4.78 is 0. The number of rotatable bonds is 4. The summed E-state index contributed by atoms with van der Waals surface area (Å²) in [5.41, 5.74) is 2.55. The van der Waals surface area contributed by atoms with Gasteiger partial charge in [0.1, 0.15) is 12.1 Å². The second-order valence-electron chi connectivity index (χ2n) is 5.24. The molecule has 0 aliphatic heterocycles. The van der Waals surface area contributed by atoms with Crippen molar-refractivity contribution in [2.24, 2.45) is 0 Å². The van der Waals surface area contributed by atoms with Crippen LogP contribution in [0, 0.1) is 0 Å². The molecule has 118 valence electrons. The van der Waals surface area contributed by atoms with Gasteiger partial charge < -0.3 is 5.32 Å². The second kappa shape index (κ2) is 6.25. The SMILES string of the molecule is Clc1cccc(C(Nc2ncnc3[nH]ncc23)c2ccccn2)c1. The molecule has 24 heavy (non-hydrogen) atoms. The predicted octanol–water partition coefficient (Wildman–Crippen LogP) is 3.60. The standard InChI is InChI=1S/C17H13ClN6/c18-12-5-3-4-11(8-12)15(14-6-1-2-7-19-14)23-16-13-9-22-24-17(13)21-10-20-16/h1-10,15H,(H2,20,21,22,23,24). The number of nitrogens with zero attached hydrogens (tertiary/aromatic N) is 4. The molecular weight excluding hydrogens is 324 g/mol. The Bertz CT molecular complexity index is 969. The lowest BCUT2D eigenvalue weighted by Gasteiger charge is -2.20. The first-order chi connectivity index (χ1) is 11.8. The molecule has 3 aromatic heterocycles. The molecule has 3 heterocycles. The van der Waals surface area contributed by atoms with Gasteiger partial charge in [-0.1, -0.05) is 29.8 Å². The Morgan fingerprint density at radius 3 is 2.83 bits per heavy atom. The van der Waals surface area contributed by atoms with Gasteiger partial charge in [0.2, 0.25) is 0 Å². The largest absolute Gasteiger partial charge is 0.357 e. The van der Waals surface area contributed by atoms with Gasteiger partial charge in [-0.3, -0.25) is 10.1 Å². The minimum Gasteiger partial charge on any atom is -0.357 e. The van der Waals surface area contributed by atoms with Gasteiger partial charge in [0.05, 0.1) is 23.3 Å². The number of fused-ring (bicyclic) bond motifs is 1. The topological polar surface area (TPSA) is 79.4 Å². The summed E-state index contributed by atoms with van der Waals surface area (Å²) in [6, 6.07) is 13.3. The number of H-pyrrole nitrogens is 1. The molecule has 0 radical (unpaired) electrons. The summed E-state index contributed by atoms with van der Waals surface area (Å²) in [7, 11) is 0. The number of benzene rings is 1. The van der Waals surface area contributed by atoms with Crippen molar-refractivity contribution in [3.63, 3.8) is 0 Å². The maximum atomic E-state index is 6.17. The van der Waals surface area contributed by atoms with Gasteiger partial charge in [-0.05, 0) is 29.8 Å². The van der Waals surface area contributed by atoms with Crippen LogP contribution >= 0.6 is 11.6 Å². The van der Waals surface area contributed by atoms with E-state index >= 15 is 0 Å². The van der Waals surface area contributed by atoms with Crippen molar-refractivity contribution in [2.75, 3.05) is 5.32 Å². The number of aromatic amines is 1. The van der Waals surface area contributed by atoms with Crippen molar-refractivity contribution in [2.45, 2.75) is 6.04 Å². The van der Waals surface area contributed by atoms with Gasteiger partial charge in [-0.15, -0.1) is 0 Å². The van der Waals surface area contributed by atoms with Crippen molar-refractivity contribution in [3.8, 4) is 0 Å². The highest BCUT2D eigenvalue weighted by Gasteiger charge is 2.18. The van der Waals surface area contributed by atoms with Gasteiger partial charge >= 0.3 is 0 Å². The molecule has 6 nitrogen and oxygen atoms in total. The number of hydrogen-bond donors (Lipinski definition) is 2. The van der Waals surface area contributed by atoms with Crippen LogP contribution in [0.25, 0.3) is 11.0 Å². The van der Waals surface area contributed by atoms with E-state index in [4.69, 9.17) is 11.6 Å². The Kier molecular flexibility index (Phi) is 3.80. The van der Waals surface area contributed by atoms with Crippen LogP contribution in [-0.4, -0.2) is 25.1 Å². The first-order valence-electron chi connectivity index (χ1n) is 7.38. The van der Waals surface area contributed by atoms with Gasteiger partial charge in [0.15, 0.2) is 5.65 Å². The number of anilines is 1. The number of nitrogens with one attached hydrogen (secondary N) is 2. The third-order valence-corrected chi connectivity index (χ3v) is 3.93. The first kappa shape index (κ1) is 14.6. The van der Waals surface area contributed by atoms with Crippen LogP contribution in [-0.2, 0) is 0 Å². The monoisotopic (exact) mass is 336 g/mol. The van der Waals surface area contributed by atoms with Crippen LogP contribution in [0.4, 0.5) is 5.82 Å². The number of pyridine rings is 1. The van der Waals surface area contributed by atoms with E-state index in [-0.39, 0.29) is 6.04 Å². The van der Waals surface area contributed by atoms with E-state index in [1.54, 1.807) is 12.4 Å². The molecule has 0 aliphatic rings. The molecule has 0 bridgehead atoms. The van der Waals surface area contributed by atoms with E-state index in [0.717, 1.165) is 16.6 Å². The molecule has 1 unspecified atom stereocenters. The second-order valence-corrected chi connectivity index (χ2v) is 5.68. The molecule has 2 N–H and O–H groups in total. The number of hydrogen-bond acceptors (Lipinski definition) is 5. The van der Waals surface area contributed by atoms with Crippen molar-refractivity contribution in [1.29, 1.82) is 0 Å². The van der Waals surface area contributed by atoms with Crippen molar-refractivity contribution < 1.29 is 0 Å². The van der Waals surface area contributed by atoms with E-state index in [2.05, 4.69) is 30.5 Å². The van der Waals surface area contributed by atoms with E-state index < -0.39 is 0 Å². The molecule has 0 fully saturated rings. The van der Waals surface area contributed by atoms with Crippen LogP contribution < -0.4 is 5.32 Å². The lowest BCUT2D eigenvalue weighted by Crippen LogP contribution is -2.15. The highest BCUT2D eigenvalue weighted by atomic mass is 35.5. The molecule has 0 amide bonds. The Balaban J connectivity index is 1.80. The molecule has 4 rings (SSSR count). The van der Waals surface area contributed by atoms with Crippen LogP contribution in [0.15, 0.2) is 61.2 Å². The molecule has 0 spiro atoms. The van der Waals surface area contributed by atoms with Gasteiger partial charge in [0.25, 0.3) is 0 Å². The zero-order chi connectivity index (χ0) is 16.4. The van der Waals surface area contributed by atoms with Crippen LogP contribution in [0.5, 0.6) is 0 Å². The van der Waals surface area contributed by atoms with E-state index in [9.17, 15) is 0 Å². The predicted molar refractivity (Wildman–Crippen MR) is 92.8 cm³/mol. The highest BCUT2D eigenvalue weighted by molar-refractivity contribution is 6.30. The average molecular weight is 337 g/mol. The van der Waals surface area contributed by atoms with Crippen LogP contribution in [0.3, 0.4) is 0 Å². The van der Waals surface area contributed by atoms with Crippen LogP contribution in [0.1, 0.15) is 17.3 Å². The maximum absolute atomic E-state index is 6.17. The van der Waals surface area contributed by atoms with E-state index in [0.29, 0.717) is 16.5 Å². The third-order valence-electron chi connectivity index (χ3n) is 3.69. The summed E-state index contributed by atoms with van der Waals surface area (Å²) in [5.74, 6) is 0.685. The first-order valence-corrected chi connectivity index (χ1v) is 7.76. The normalized spacial score (nSPS) is 12.2. The van der Waals surface area contributed by atoms with Gasteiger partial charge in [-0.25, -0.2) is 9.97 Å². The fourth-order valence-corrected chi connectivity index (χ4v) is 2.78. The maximum Gasteiger partial charge on any atom is 0.160 e. The quantitative estimate of drug-likeness (QED) is 0.595. The van der Waals surface area contributed by atoms with Crippen molar-refractivity contribution in [3.05, 3.63) is 77.5 Å². The molecule has 7 heteroatoms. The fraction of sp³-hybridized carbons (Fsp3) is 0.0588. The molecule has 4 aromatic rings. The lowest BCUT2D eigenvalue weighted by molar-refractivity contribution is 0.879. The highest BCUT2D eigenvalue weighted by Crippen LogP contribution is 2.28. The number of aromatic nitrogens is 5. The minimum atomic E-state index is -0.196. The number of halogens is 1. The Morgan fingerprint density at radius 1 is 1.04 bits per heavy atom. The van der Waals surface area contributed by atoms with Crippen molar-refractivity contribution in [1.82, 2.24) is 25.1 Å². The summed E-state index contributed by atoms with van der Waals surface area (Å²) >= 11 is 6.17. The zero-order valence-corrected chi connectivity index (χ0v) is 13.3. The minimum absolute atomic E-state index is 0.196. The molecule has 1 atom stereocenters. The van der Waals surface area contributed by atoms with E-state index in [1.807, 2.05) is 42.5 Å². The summed E-state index contributed by atoms with van der Waals surface area (Å²) in [6.45, 7) is 0. The van der Waals surface area contributed by atoms with E-state index in [1.165, 1.54) is 6.33 Å². The smallest absolute Gasteiger partial charge is 0.160 e. The molecular formula is C17H13ClN6. The average Bonchev–Trinajstić information content (AvgIpc) is 3.10. The Hall–Kier alpha value is -2.99. The molecule has 0 saturated carbocycles. The summed E-state index contributed by atoms with van der Waals surface area (Å²) in [6.07, 6.45) is 4.96. The van der Waals surface area contributed by atoms with Crippen LogP contribution in [0.2, 0.25) is 5.02 Å². The molecule has 0 saturated heterocycles. The zero-order valence-electron chi connectivity index (χ0n) is 12.5. The lowest BCUT2D eigenvalue weighted by atomic mass is 10.0. The Labute approximate surface area is 143 Å². The molecule has 0 aliphatic carbocycles. The van der Waals surface area contributed by atoms with Gasteiger partial charge in [0, 0.05) is 11.2 Å².